The number of rotatable bonds is 2. The number of halogens is 2. The first kappa shape index (κ1) is 18.6. The van der Waals surface area contributed by atoms with Crippen LogP contribution in [0, 0.1) is 11.6 Å². The van der Waals surface area contributed by atoms with Gasteiger partial charge in [-0.25, -0.2) is 8.78 Å². The summed E-state index contributed by atoms with van der Waals surface area (Å²) in [5.41, 5.74) is 2.21. The van der Waals surface area contributed by atoms with E-state index >= 15 is 0 Å². The van der Waals surface area contributed by atoms with Gasteiger partial charge in [-0.05, 0) is 61.9 Å². The lowest BCUT2D eigenvalue weighted by Gasteiger charge is -2.38. The molecule has 0 aliphatic heterocycles. The molecule has 0 atom stereocenters. The summed E-state index contributed by atoms with van der Waals surface area (Å²) in [6.45, 7) is 5.98. The Morgan fingerprint density at radius 3 is 2.33 bits per heavy atom. The molecule has 0 bridgehead atoms. The maximum Gasteiger partial charge on any atom is 0.149 e. The summed E-state index contributed by atoms with van der Waals surface area (Å²) in [7, 11) is 0. The van der Waals surface area contributed by atoms with Gasteiger partial charge in [-0.1, -0.05) is 30.3 Å². The Balaban J connectivity index is 1.75. The molecule has 5 rings (SSSR count). The van der Waals surface area contributed by atoms with Gasteiger partial charge in [-0.3, -0.25) is 0 Å². The van der Waals surface area contributed by atoms with Crippen molar-refractivity contribution in [1.82, 2.24) is 0 Å². The second kappa shape index (κ2) is 6.56. The largest absolute Gasteiger partial charge is 0.456 e. The maximum atomic E-state index is 14.7. The Hall–Kier alpha value is -3.40. The maximum absolute atomic E-state index is 14.7. The minimum absolute atomic E-state index is 0.324. The minimum Gasteiger partial charge on any atom is -0.456 e. The number of hydrogen-bond donors (Lipinski definition) is 0. The Morgan fingerprint density at radius 1 is 0.767 bits per heavy atom. The van der Waals surface area contributed by atoms with Crippen LogP contribution in [0.4, 0.5) is 20.2 Å². The van der Waals surface area contributed by atoms with Gasteiger partial charge in [0.25, 0.3) is 0 Å². The molecule has 4 heteroatoms. The van der Waals surface area contributed by atoms with Crippen LogP contribution >= 0.6 is 0 Å². The zero-order valence-electron chi connectivity index (χ0n) is 17.0. The molecule has 2 nitrogen and oxygen atoms in total. The number of fused-ring (bicyclic) bond motifs is 5. The quantitative estimate of drug-likeness (QED) is 0.298. The summed E-state index contributed by atoms with van der Waals surface area (Å²) in [5, 5.41) is 4.38. The molecule has 0 unspecified atom stereocenters. The smallest absolute Gasteiger partial charge is 0.149 e. The average molecular weight is 401 g/mol. The Bertz CT molecular complexity index is 1410. The highest BCUT2D eigenvalue weighted by Crippen LogP contribution is 2.40. The Labute approximate surface area is 173 Å². The molecule has 0 fully saturated rings. The van der Waals surface area contributed by atoms with Gasteiger partial charge in [-0.2, -0.15) is 0 Å². The van der Waals surface area contributed by atoms with Crippen LogP contribution in [-0.2, 0) is 0 Å². The summed E-state index contributed by atoms with van der Waals surface area (Å²) in [6, 6.07) is 21.8. The fourth-order valence-corrected chi connectivity index (χ4v) is 4.22. The van der Waals surface area contributed by atoms with Crippen LogP contribution in [0.5, 0.6) is 0 Å². The van der Waals surface area contributed by atoms with Crippen molar-refractivity contribution in [3.63, 3.8) is 0 Å². The van der Waals surface area contributed by atoms with Gasteiger partial charge in [0.1, 0.15) is 22.8 Å². The molecule has 1 aromatic heterocycles. The van der Waals surface area contributed by atoms with E-state index in [9.17, 15) is 8.78 Å². The highest BCUT2D eigenvalue weighted by atomic mass is 19.1. The lowest BCUT2D eigenvalue weighted by molar-refractivity contribution is 0.534. The zero-order valence-corrected chi connectivity index (χ0v) is 17.0. The first-order valence-corrected chi connectivity index (χ1v) is 9.92. The molecule has 150 valence electrons. The Morgan fingerprint density at radius 2 is 1.57 bits per heavy atom. The van der Waals surface area contributed by atoms with E-state index in [1.165, 1.54) is 12.1 Å². The molecule has 0 N–H and O–H groups in total. The molecule has 0 saturated carbocycles. The normalized spacial score (nSPS) is 12.2. The summed E-state index contributed by atoms with van der Waals surface area (Å²) in [4.78, 5) is 1.87. The molecule has 0 saturated heterocycles. The lowest BCUT2D eigenvalue weighted by atomic mass is 10.0. The molecule has 0 aliphatic carbocycles. The van der Waals surface area contributed by atoms with Gasteiger partial charge < -0.3 is 9.32 Å². The predicted molar refractivity (Wildman–Crippen MR) is 119 cm³/mol. The van der Waals surface area contributed by atoms with Crippen molar-refractivity contribution in [2.75, 3.05) is 4.90 Å². The third-order valence-corrected chi connectivity index (χ3v) is 5.42. The van der Waals surface area contributed by atoms with Crippen LogP contribution in [0.25, 0.3) is 32.7 Å². The number of nitrogens with zero attached hydrogens (tertiary/aromatic N) is 1. The standard InChI is InChI=1S/C26H21F2NO/c1-26(2,3)29(22-12-9-17(27)14-21(22)28)18-10-11-20-24(15-18)30-23-13-8-16-6-4-5-7-19(16)25(20)23/h4-15H,1-3H3. The molecular weight excluding hydrogens is 380 g/mol. The molecule has 0 radical (unpaired) electrons. The van der Waals surface area contributed by atoms with Crippen LogP contribution in [0.2, 0.25) is 0 Å². The highest BCUT2D eigenvalue weighted by molar-refractivity contribution is 6.19. The average Bonchev–Trinajstić information content (AvgIpc) is 3.07. The van der Waals surface area contributed by atoms with E-state index in [0.717, 1.165) is 44.5 Å². The summed E-state index contributed by atoms with van der Waals surface area (Å²) < 4.78 is 34.3. The number of benzene rings is 4. The van der Waals surface area contributed by atoms with Crippen molar-refractivity contribution < 1.29 is 13.2 Å². The van der Waals surface area contributed by atoms with Crippen molar-refractivity contribution in [2.45, 2.75) is 26.3 Å². The van der Waals surface area contributed by atoms with Crippen LogP contribution in [0.1, 0.15) is 20.8 Å². The van der Waals surface area contributed by atoms with E-state index < -0.39 is 17.2 Å². The van der Waals surface area contributed by atoms with Crippen LogP contribution in [-0.4, -0.2) is 5.54 Å². The summed E-state index contributed by atoms with van der Waals surface area (Å²) in [5.74, 6) is -1.19. The lowest BCUT2D eigenvalue weighted by Crippen LogP contribution is -2.38. The molecule has 4 aromatic carbocycles. The fourth-order valence-electron chi connectivity index (χ4n) is 4.22. The van der Waals surface area contributed by atoms with Crippen molar-refractivity contribution in [2.24, 2.45) is 0 Å². The van der Waals surface area contributed by atoms with Gasteiger partial charge in [0, 0.05) is 34.1 Å². The van der Waals surface area contributed by atoms with Gasteiger partial charge in [0.2, 0.25) is 0 Å². The fraction of sp³-hybridized carbons (Fsp3) is 0.154. The Kier molecular flexibility index (Phi) is 4.07. The minimum atomic E-state index is -0.597. The number of furan rings is 1. The highest BCUT2D eigenvalue weighted by Gasteiger charge is 2.27. The molecule has 5 aromatic rings. The second-order valence-electron chi connectivity index (χ2n) is 8.54. The van der Waals surface area contributed by atoms with E-state index in [-0.39, 0.29) is 0 Å². The van der Waals surface area contributed by atoms with Crippen LogP contribution < -0.4 is 4.90 Å². The monoisotopic (exact) mass is 401 g/mol. The van der Waals surface area contributed by atoms with Crippen LogP contribution in [0.3, 0.4) is 0 Å². The third-order valence-electron chi connectivity index (χ3n) is 5.42. The van der Waals surface area contributed by atoms with E-state index in [1.807, 2.05) is 62.1 Å². The molecular formula is C26H21F2NO. The number of anilines is 2. The SMILES string of the molecule is CC(C)(C)N(c1ccc2c(c1)oc1ccc3ccccc3c12)c1ccc(F)cc1F. The summed E-state index contributed by atoms with van der Waals surface area (Å²) >= 11 is 0. The molecule has 0 spiro atoms. The van der Waals surface area contributed by atoms with E-state index in [4.69, 9.17) is 4.42 Å². The first-order chi connectivity index (χ1) is 14.3. The molecule has 1 heterocycles. The van der Waals surface area contributed by atoms with Crippen molar-refractivity contribution in [3.05, 3.63) is 84.4 Å². The van der Waals surface area contributed by atoms with E-state index in [1.54, 1.807) is 0 Å². The first-order valence-electron chi connectivity index (χ1n) is 9.92. The molecule has 0 aliphatic rings. The summed E-state index contributed by atoms with van der Waals surface area (Å²) in [6.07, 6.45) is 0. The number of hydrogen-bond acceptors (Lipinski definition) is 2. The van der Waals surface area contributed by atoms with E-state index in [0.29, 0.717) is 5.69 Å². The van der Waals surface area contributed by atoms with E-state index in [2.05, 4.69) is 18.2 Å². The molecule has 30 heavy (non-hydrogen) atoms. The van der Waals surface area contributed by atoms with Crippen molar-refractivity contribution in [1.29, 1.82) is 0 Å². The van der Waals surface area contributed by atoms with Crippen molar-refractivity contribution in [3.8, 4) is 0 Å². The second-order valence-corrected chi connectivity index (χ2v) is 8.54. The zero-order chi connectivity index (χ0) is 21.0. The topological polar surface area (TPSA) is 16.4 Å². The van der Waals surface area contributed by atoms with Gasteiger partial charge in [-0.15, -0.1) is 0 Å². The third kappa shape index (κ3) is 2.91. The van der Waals surface area contributed by atoms with Gasteiger partial charge in [0.15, 0.2) is 0 Å². The molecule has 0 amide bonds. The predicted octanol–water partition coefficient (Wildman–Crippen LogP) is 7.95. The van der Waals surface area contributed by atoms with Gasteiger partial charge in [0.05, 0.1) is 5.69 Å². The van der Waals surface area contributed by atoms with Crippen molar-refractivity contribution >= 4 is 44.1 Å². The van der Waals surface area contributed by atoms with Gasteiger partial charge >= 0.3 is 0 Å². The van der Waals surface area contributed by atoms with Crippen LogP contribution in [0.15, 0.2) is 77.2 Å².